The van der Waals surface area contributed by atoms with Crippen molar-refractivity contribution in [2.45, 2.75) is 19.9 Å². The van der Waals surface area contributed by atoms with Crippen molar-refractivity contribution in [2.75, 3.05) is 26.2 Å². The van der Waals surface area contributed by atoms with Gasteiger partial charge in [0.15, 0.2) is 0 Å². The fourth-order valence-corrected chi connectivity index (χ4v) is 2.19. The Morgan fingerprint density at radius 2 is 2.44 bits per heavy atom. The molecule has 16 heavy (non-hydrogen) atoms. The summed E-state index contributed by atoms with van der Waals surface area (Å²) in [6, 6.07) is 6.05. The number of likely N-dealkylation sites (tertiary alicyclic amines) is 1. The highest BCUT2D eigenvalue weighted by atomic mass is 15.2. The summed E-state index contributed by atoms with van der Waals surface area (Å²) in [6.45, 7) is 7.98. The van der Waals surface area contributed by atoms with Crippen molar-refractivity contribution in [2.24, 2.45) is 5.92 Å². The van der Waals surface area contributed by atoms with Gasteiger partial charge in [0.1, 0.15) is 0 Å². The van der Waals surface area contributed by atoms with Crippen molar-refractivity contribution in [3.05, 3.63) is 30.1 Å². The second kappa shape index (κ2) is 5.97. The molecule has 0 amide bonds. The van der Waals surface area contributed by atoms with Crippen LogP contribution in [0, 0.1) is 5.92 Å². The van der Waals surface area contributed by atoms with Crippen LogP contribution in [-0.4, -0.2) is 36.1 Å². The Bertz CT molecular complexity index is 299. The van der Waals surface area contributed by atoms with E-state index < -0.39 is 0 Å². The average molecular weight is 219 g/mol. The summed E-state index contributed by atoms with van der Waals surface area (Å²) in [6.07, 6.45) is 3.21. The van der Waals surface area contributed by atoms with E-state index in [0.29, 0.717) is 0 Å². The minimum atomic E-state index is 0.879. The molecule has 1 aliphatic heterocycles. The minimum absolute atomic E-state index is 0.879. The van der Waals surface area contributed by atoms with Gasteiger partial charge in [0.2, 0.25) is 0 Å². The van der Waals surface area contributed by atoms with Gasteiger partial charge in [-0.1, -0.05) is 13.0 Å². The first-order valence-electron chi connectivity index (χ1n) is 6.17. The quantitative estimate of drug-likeness (QED) is 0.761. The van der Waals surface area contributed by atoms with Crippen molar-refractivity contribution in [3.63, 3.8) is 0 Å². The molecule has 2 heterocycles. The van der Waals surface area contributed by atoms with Gasteiger partial charge in [0, 0.05) is 32.4 Å². The SMILES string of the molecule is CC1CCN(CCNCc2ccccn2)C1. The standard InChI is InChI=1S/C13H21N3/c1-12-5-8-16(11-12)9-7-14-10-13-4-2-3-6-15-13/h2-4,6,12,14H,5,7-11H2,1H3. The normalized spacial score (nSPS) is 21.4. The van der Waals surface area contributed by atoms with E-state index in [1.54, 1.807) is 0 Å². The molecule has 3 heteroatoms. The zero-order valence-electron chi connectivity index (χ0n) is 10.0. The average Bonchev–Trinajstić information content (AvgIpc) is 2.72. The molecular weight excluding hydrogens is 198 g/mol. The molecule has 0 aromatic carbocycles. The third kappa shape index (κ3) is 3.58. The number of nitrogens with one attached hydrogen (secondary N) is 1. The van der Waals surface area contributed by atoms with Crippen molar-refractivity contribution < 1.29 is 0 Å². The summed E-state index contributed by atoms with van der Waals surface area (Å²) in [4.78, 5) is 6.82. The zero-order chi connectivity index (χ0) is 11.2. The molecule has 1 unspecified atom stereocenters. The van der Waals surface area contributed by atoms with Crippen LogP contribution in [0.3, 0.4) is 0 Å². The first-order chi connectivity index (χ1) is 7.84. The Morgan fingerprint density at radius 1 is 1.50 bits per heavy atom. The second-order valence-electron chi connectivity index (χ2n) is 4.69. The number of nitrogens with zero attached hydrogens (tertiary/aromatic N) is 2. The molecule has 88 valence electrons. The van der Waals surface area contributed by atoms with Crippen LogP contribution < -0.4 is 5.32 Å². The van der Waals surface area contributed by atoms with Crippen molar-refractivity contribution >= 4 is 0 Å². The Balaban J connectivity index is 1.59. The highest BCUT2D eigenvalue weighted by Crippen LogP contribution is 2.13. The molecule has 1 aromatic rings. The molecule has 1 fully saturated rings. The predicted octanol–water partition coefficient (Wildman–Crippen LogP) is 1.51. The Hall–Kier alpha value is -0.930. The van der Waals surface area contributed by atoms with Crippen LogP contribution in [0.5, 0.6) is 0 Å². The molecule has 1 saturated heterocycles. The largest absolute Gasteiger partial charge is 0.310 e. The van der Waals surface area contributed by atoms with E-state index >= 15 is 0 Å². The van der Waals surface area contributed by atoms with E-state index in [1.807, 2.05) is 18.3 Å². The van der Waals surface area contributed by atoms with Crippen molar-refractivity contribution in [1.82, 2.24) is 15.2 Å². The smallest absolute Gasteiger partial charge is 0.0541 e. The molecule has 0 saturated carbocycles. The second-order valence-corrected chi connectivity index (χ2v) is 4.69. The van der Waals surface area contributed by atoms with Gasteiger partial charge in [-0.2, -0.15) is 0 Å². The lowest BCUT2D eigenvalue weighted by atomic mass is 10.2. The number of aromatic nitrogens is 1. The van der Waals surface area contributed by atoms with Crippen LogP contribution in [0.15, 0.2) is 24.4 Å². The van der Waals surface area contributed by atoms with Gasteiger partial charge in [0.05, 0.1) is 5.69 Å². The number of hydrogen-bond acceptors (Lipinski definition) is 3. The first-order valence-corrected chi connectivity index (χ1v) is 6.17. The molecule has 3 nitrogen and oxygen atoms in total. The third-order valence-electron chi connectivity index (χ3n) is 3.15. The third-order valence-corrected chi connectivity index (χ3v) is 3.15. The number of rotatable bonds is 5. The summed E-state index contributed by atoms with van der Waals surface area (Å²) >= 11 is 0. The molecule has 0 bridgehead atoms. The summed E-state index contributed by atoms with van der Waals surface area (Å²) in [5, 5.41) is 3.44. The lowest BCUT2D eigenvalue weighted by Crippen LogP contribution is -2.30. The summed E-state index contributed by atoms with van der Waals surface area (Å²) < 4.78 is 0. The highest BCUT2D eigenvalue weighted by Gasteiger charge is 2.17. The number of hydrogen-bond donors (Lipinski definition) is 1. The number of pyridine rings is 1. The maximum absolute atomic E-state index is 4.28. The Morgan fingerprint density at radius 3 is 3.12 bits per heavy atom. The lowest BCUT2D eigenvalue weighted by molar-refractivity contribution is 0.325. The van der Waals surface area contributed by atoms with Gasteiger partial charge in [-0.05, 0) is 31.0 Å². The summed E-state index contributed by atoms with van der Waals surface area (Å²) in [5.41, 5.74) is 1.12. The molecule has 1 atom stereocenters. The maximum atomic E-state index is 4.28. The van der Waals surface area contributed by atoms with Crippen molar-refractivity contribution in [1.29, 1.82) is 0 Å². The van der Waals surface area contributed by atoms with Crippen LogP contribution in [0.1, 0.15) is 19.0 Å². The Labute approximate surface area is 97.9 Å². The van der Waals surface area contributed by atoms with Crippen LogP contribution in [0.25, 0.3) is 0 Å². The van der Waals surface area contributed by atoms with Gasteiger partial charge in [-0.25, -0.2) is 0 Å². The van der Waals surface area contributed by atoms with E-state index in [1.165, 1.54) is 19.5 Å². The Kier molecular flexibility index (Phi) is 4.31. The highest BCUT2D eigenvalue weighted by molar-refractivity contribution is 5.02. The molecule has 1 N–H and O–H groups in total. The fraction of sp³-hybridized carbons (Fsp3) is 0.615. The lowest BCUT2D eigenvalue weighted by Gasteiger charge is -2.15. The van der Waals surface area contributed by atoms with Gasteiger partial charge in [-0.15, -0.1) is 0 Å². The topological polar surface area (TPSA) is 28.2 Å². The zero-order valence-corrected chi connectivity index (χ0v) is 10.0. The van der Waals surface area contributed by atoms with Gasteiger partial charge < -0.3 is 10.2 Å². The summed E-state index contributed by atoms with van der Waals surface area (Å²) in [5.74, 6) is 0.885. The van der Waals surface area contributed by atoms with Crippen LogP contribution in [-0.2, 0) is 6.54 Å². The minimum Gasteiger partial charge on any atom is -0.310 e. The van der Waals surface area contributed by atoms with E-state index in [-0.39, 0.29) is 0 Å². The van der Waals surface area contributed by atoms with E-state index in [9.17, 15) is 0 Å². The van der Waals surface area contributed by atoms with Crippen LogP contribution in [0.2, 0.25) is 0 Å². The van der Waals surface area contributed by atoms with E-state index in [4.69, 9.17) is 0 Å². The first kappa shape index (κ1) is 11.6. The molecule has 1 aliphatic rings. The molecular formula is C13H21N3. The maximum Gasteiger partial charge on any atom is 0.0541 e. The van der Waals surface area contributed by atoms with Crippen molar-refractivity contribution in [3.8, 4) is 0 Å². The van der Waals surface area contributed by atoms with Crippen LogP contribution in [0.4, 0.5) is 0 Å². The van der Waals surface area contributed by atoms with E-state index in [2.05, 4.69) is 28.2 Å². The van der Waals surface area contributed by atoms with Gasteiger partial charge in [-0.3, -0.25) is 4.98 Å². The fourth-order valence-electron chi connectivity index (χ4n) is 2.19. The molecule has 0 radical (unpaired) electrons. The summed E-state index contributed by atoms with van der Waals surface area (Å²) in [7, 11) is 0. The molecule has 2 rings (SSSR count). The monoisotopic (exact) mass is 219 g/mol. The van der Waals surface area contributed by atoms with Crippen LogP contribution >= 0.6 is 0 Å². The van der Waals surface area contributed by atoms with Gasteiger partial charge in [0.25, 0.3) is 0 Å². The molecule has 1 aromatic heterocycles. The molecule has 0 aliphatic carbocycles. The van der Waals surface area contributed by atoms with E-state index in [0.717, 1.165) is 31.2 Å². The van der Waals surface area contributed by atoms with Gasteiger partial charge >= 0.3 is 0 Å². The molecule has 0 spiro atoms. The predicted molar refractivity (Wildman–Crippen MR) is 66.2 cm³/mol.